The van der Waals surface area contributed by atoms with Crippen molar-refractivity contribution < 1.29 is 4.52 Å². The molecule has 1 atom stereocenters. The Kier molecular flexibility index (Phi) is 7.20. The molecule has 0 amide bonds. The molecule has 0 aromatic heterocycles. The van der Waals surface area contributed by atoms with Crippen LogP contribution < -0.4 is 0 Å². The van der Waals surface area contributed by atoms with Gasteiger partial charge in [0.25, 0.3) is 0 Å². The summed E-state index contributed by atoms with van der Waals surface area (Å²) in [4.78, 5) is 0. The van der Waals surface area contributed by atoms with Gasteiger partial charge in [-0.2, -0.15) is 0 Å². The Balaban J connectivity index is 0.00000144. The summed E-state index contributed by atoms with van der Waals surface area (Å²) in [5, 5.41) is 0. The zero-order chi connectivity index (χ0) is 8.81. The highest BCUT2D eigenvalue weighted by molar-refractivity contribution is 7.29. The molecule has 0 heterocycles. The van der Waals surface area contributed by atoms with E-state index in [9.17, 15) is 0 Å². The van der Waals surface area contributed by atoms with Gasteiger partial charge in [-0.3, -0.25) is 4.67 Å². The Morgan fingerprint density at radius 1 is 1.23 bits per heavy atom. The van der Waals surface area contributed by atoms with Gasteiger partial charge in [-0.05, 0) is 19.7 Å². The van der Waals surface area contributed by atoms with Gasteiger partial charge in [-0.1, -0.05) is 30.3 Å². The van der Waals surface area contributed by atoms with E-state index in [2.05, 4.69) is 12.1 Å². The minimum absolute atomic E-state index is 0. The number of rotatable bonds is 4. The molecule has 0 saturated carbocycles. The Bertz CT molecular complexity index is 218. The predicted octanol–water partition coefficient (Wildman–Crippen LogP) is 2.70. The van der Waals surface area contributed by atoms with Crippen molar-refractivity contribution >= 4 is 21.4 Å². The van der Waals surface area contributed by atoms with Gasteiger partial charge in [0.2, 0.25) is 0 Å². The van der Waals surface area contributed by atoms with Crippen molar-refractivity contribution in [3.8, 4) is 0 Å². The van der Waals surface area contributed by atoms with Gasteiger partial charge in [0.15, 0.2) is 0 Å². The van der Waals surface area contributed by atoms with Crippen LogP contribution in [-0.2, 0) is 11.1 Å². The highest BCUT2D eigenvalue weighted by atomic mass is 35.5. The maximum Gasteiger partial charge on any atom is 0.0888 e. The highest BCUT2D eigenvalue weighted by Gasteiger charge is 1.92. The highest BCUT2D eigenvalue weighted by Crippen LogP contribution is 2.16. The topological polar surface area (TPSA) is 12.5 Å². The van der Waals surface area contributed by atoms with Crippen molar-refractivity contribution in [2.24, 2.45) is 0 Å². The van der Waals surface area contributed by atoms with Crippen LogP contribution in [0.25, 0.3) is 0 Å². The summed E-state index contributed by atoms with van der Waals surface area (Å²) < 4.78 is 7.47. The fraction of sp³-hybridized carbons (Fsp3) is 0.333. The lowest BCUT2D eigenvalue weighted by Crippen LogP contribution is -1.98. The molecule has 1 aromatic rings. The van der Waals surface area contributed by atoms with Crippen molar-refractivity contribution in [1.29, 1.82) is 0 Å². The number of nitrogens with zero attached hydrogens (tertiary/aromatic N) is 1. The molecule has 1 unspecified atom stereocenters. The summed E-state index contributed by atoms with van der Waals surface area (Å²) in [6, 6.07) is 10.2. The second-order valence-electron chi connectivity index (χ2n) is 2.76. The molecule has 0 N–H and O–H groups in total. The predicted molar refractivity (Wildman–Crippen MR) is 60.5 cm³/mol. The number of hydrogen-bond acceptors (Lipinski definition) is 2. The van der Waals surface area contributed by atoms with Gasteiger partial charge in [-0.25, -0.2) is 0 Å². The average Bonchev–Trinajstić information content (AvgIpc) is 2.05. The molecule has 0 radical (unpaired) electrons. The Morgan fingerprint density at radius 3 is 2.38 bits per heavy atom. The van der Waals surface area contributed by atoms with Crippen LogP contribution in [0.5, 0.6) is 0 Å². The average molecular weight is 220 g/mol. The monoisotopic (exact) mass is 219 g/mol. The molecule has 4 heteroatoms. The smallest absolute Gasteiger partial charge is 0.0888 e. The van der Waals surface area contributed by atoms with E-state index in [1.165, 1.54) is 5.56 Å². The van der Waals surface area contributed by atoms with Crippen LogP contribution in [0.15, 0.2) is 30.3 Å². The summed E-state index contributed by atoms with van der Waals surface area (Å²) in [5.74, 6) is 0. The first-order valence-electron chi connectivity index (χ1n) is 3.88. The van der Waals surface area contributed by atoms with Gasteiger partial charge < -0.3 is 4.52 Å². The van der Waals surface area contributed by atoms with E-state index in [0.717, 1.165) is 0 Å². The van der Waals surface area contributed by atoms with Crippen LogP contribution in [0.4, 0.5) is 0 Å². The van der Waals surface area contributed by atoms with Gasteiger partial charge in [0, 0.05) is 0 Å². The standard InChI is InChI=1S/C9H14NOP.ClH/c1-10(2)12-11-8-9-6-4-3-5-7-9;/h3-7,12H,8H2,1-2H3;1H. The molecule has 1 aromatic carbocycles. The third-order valence-electron chi connectivity index (χ3n) is 1.33. The van der Waals surface area contributed by atoms with E-state index in [0.29, 0.717) is 15.6 Å². The minimum Gasteiger partial charge on any atom is -0.342 e. The van der Waals surface area contributed by atoms with Gasteiger partial charge in [0.1, 0.15) is 0 Å². The first kappa shape index (κ1) is 12.9. The van der Waals surface area contributed by atoms with Crippen LogP contribution in [0.3, 0.4) is 0 Å². The Hall–Kier alpha value is -0.140. The van der Waals surface area contributed by atoms with Crippen molar-refractivity contribution in [3.63, 3.8) is 0 Å². The summed E-state index contributed by atoms with van der Waals surface area (Å²) in [6.07, 6.45) is 0. The first-order valence-corrected chi connectivity index (χ1v) is 4.73. The summed E-state index contributed by atoms with van der Waals surface area (Å²) in [6.45, 7) is 0.706. The maximum absolute atomic E-state index is 5.43. The SMILES string of the molecule is CN(C)POCc1ccccc1.Cl. The molecular formula is C9H15ClNOP. The molecule has 0 spiro atoms. The molecule has 0 aliphatic rings. The van der Waals surface area contributed by atoms with E-state index in [1.807, 2.05) is 37.0 Å². The van der Waals surface area contributed by atoms with Gasteiger partial charge in [-0.15, -0.1) is 12.4 Å². The van der Waals surface area contributed by atoms with Crippen molar-refractivity contribution in [2.45, 2.75) is 6.61 Å². The zero-order valence-corrected chi connectivity index (χ0v) is 9.67. The molecule has 2 nitrogen and oxygen atoms in total. The van der Waals surface area contributed by atoms with Crippen LogP contribution in [0, 0.1) is 0 Å². The van der Waals surface area contributed by atoms with E-state index in [4.69, 9.17) is 4.52 Å². The van der Waals surface area contributed by atoms with Gasteiger partial charge in [0.05, 0.1) is 15.6 Å². The van der Waals surface area contributed by atoms with Crippen LogP contribution in [0.1, 0.15) is 5.56 Å². The zero-order valence-electron chi connectivity index (χ0n) is 7.86. The fourth-order valence-corrected chi connectivity index (χ4v) is 1.31. The van der Waals surface area contributed by atoms with Crippen molar-refractivity contribution in [2.75, 3.05) is 14.1 Å². The van der Waals surface area contributed by atoms with Crippen LogP contribution in [-0.4, -0.2) is 18.8 Å². The van der Waals surface area contributed by atoms with E-state index in [1.54, 1.807) is 0 Å². The largest absolute Gasteiger partial charge is 0.342 e. The first-order chi connectivity index (χ1) is 5.79. The molecule has 0 fully saturated rings. The summed E-state index contributed by atoms with van der Waals surface area (Å²) in [7, 11) is 4.45. The molecule has 0 saturated heterocycles. The third-order valence-corrected chi connectivity index (χ3v) is 1.97. The lowest BCUT2D eigenvalue weighted by Gasteiger charge is -2.09. The van der Waals surface area contributed by atoms with Crippen LogP contribution in [0.2, 0.25) is 0 Å². The quantitative estimate of drug-likeness (QED) is 0.722. The minimum atomic E-state index is 0. The van der Waals surface area contributed by atoms with E-state index < -0.39 is 0 Å². The summed E-state index contributed by atoms with van der Waals surface area (Å²) >= 11 is 0. The normalized spacial score (nSPS) is 10.7. The summed E-state index contributed by atoms with van der Waals surface area (Å²) in [5.41, 5.74) is 1.23. The second kappa shape index (κ2) is 7.28. The molecule has 0 bridgehead atoms. The molecular weight excluding hydrogens is 205 g/mol. The molecule has 1 rings (SSSR count). The van der Waals surface area contributed by atoms with Crippen LogP contribution >= 0.6 is 21.4 Å². The van der Waals surface area contributed by atoms with Crippen molar-refractivity contribution in [1.82, 2.24) is 4.67 Å². The molecule has 13 heavy (non-hydrogen) atoms. The second-order valence-corrected chi connectivity index (χ2v) is 4.13. The van der Waals surface area contributed by atoms with Crippen molar-refractivity contribution in [3.05, 3.63) is 35.9 Å². The lowest BCUT2D eigenvalue weighted by atomic mass is 10.2. The Morgan fingerprint density at radius 2 is 1.85 bits per heavy atom. The third kappa shape index (κ3) is 6.00. The number of halogens is 1. The maximum atomic E-state index is 5.43. The van der Waals surface area contributed by atoms with E-state index >= 15 is 0 Å². The molecule has 74 valence electrons. The Labute approximate surface area is 87.6 Å². The lowest BCUT2D eigenvalue weighted by molar-refractivity contribution is 0.331. The van der Waals surface area contributed by atoms with Gasteiger partial charge >= 0.3 is 0 Å². The van der Waals surface area contributed by atoms with E-state index in [-0.39, 0.29) is 12.4 Å². The molecule has 0 aliphatic carbocycles. The number of hydrogen-bond donors (Lipinski definition) is 0. The fourth-order valence-electron chi connectivity index (χ4n) is 0.819. The molecule has 0 aliphatic heterocycles. The number of benzene rings is 1.